The average molecular weight is 260 g/mol. The van der Waals surface area contributed by atoms with Crippen LogP contribution in [0.1, 0.15) is 0 Å². The fraction of sp³-hybridized carbons (Fsp3) is 0.818. The van der Waals surface area contributed by atoms with E-state index in [1.54, 1.807) is 7.11 Å². The van der Waals surface area contributed by atoms with E-state index >= 15 is 0 Å². The Hall–Kier alpha value is -1.18. The highest BCUT2D eigenvalue weighted by Crippen LogP contribution is 2.07. The number of carbonyl (C=O) groups is 2. The molecule has 18 heavy (non-hydrogen) atoms. The normalized spacial score (nSPS) is 19.7. The molecule has 0 spiro atoms. The summed E-state index contributed by atoms with van der Waals surface area (Å²) in [6.45, 7) is 1.83. The Labute approximate surface area is 106 Å². The molecule has 0 aliphatic carbocycles. The number of nitrogens with one attached hydrogen (secondary N) is 1. The van der Waals surface area contributed by atoms with Gasteiger partial charge in [0, 0.05) is 20.7 Å². The molecular weight excluding hydrogens is 240 g/mol. The molecule has 1 saturated heterocycles. The van der Waals surface area contributed by atoms with Gasteiger partial charge in [-0.15, -0.1) is 0 Å². The van der Waals surface area contributed by atoms with Gasteiger partial charge >= 0.3 is 0 Å². The monoisotopic (exact) mass is 260 g/mol. The second-order valence-corrected chi connectivity index (χ2v) is 3.84. The van der Waals surface area contributed by atoms with Gasteiger partial charge in [0.1, 0.15) is 12.6 Å². The summed E-state index contributed by atoms with van der Waals surface area (Å²) in [6, 6.07) is -0.567. The molecule has 1 unspecified atom stereocenters. The first-order chi connectivity index (χ1) is 8.70. The molecule has 1 heterocycles. The second kappa shape index (κ2) is 8.02. The molecule has 1 aliphatic heterocycles. The van der Waals surface area contributed by atoms with Crippen LogP contribution in [0.4, 0.5) is 0 Å². The Morgan fingerprint density at radius 3 is 2.89 bits per heavy atom. The van der Waals surface area contributed by atoms with Gasteiger partial charge in [0.05, 0.1) is 26.4 Å². The number of morpholine rings is 1. The molecule has 7 heteroatoms. The Morgan fingerprint density at radius 2 is 2.22 bits per heavy atom. The fourth-order valence-corrected chi connectivity index (χ4v) is 1.67. The summed E-state index contributed by atoms with van der Waals surface area (Å²) in [7, 11) is 3.10. The number of hydrogen-bond donors (Lipinski definition) is 1. The van der Waals surface area contributed by atoms with Crippen molar-refractivity contribution in [1.29, 1.82) is 0 Å². The van der Waals surface area contributed by atoms with E-state index in [4.69, 9.17) is 14.2 Å². The minimum Gasteiger partial charge on any atom is -0.382 e. The standard InChI is InChI=1S/C11H20N2O5/c1-12-11(15)9-7-17-4-3-13(9)10(14)8-18-6-5-16-2/h9H,3-8H2,1-2H3,(H,12,15). The molecule has 1 fully saturated rings. The third-order valence-corrected chi connectivity index (χ3v) is 2.66. The molecule has 7 nitrogen and oxygen atoms in total. The lowest BCUT2D eigenvalue weighted by atomic mass is 10.2. The number of nitrogens with zero attached hydrogens (tertiary/aromatic N) is 1. The van der Waals surface area contributed by atoms with Crippen molar-refractivity contribution < 1.29 is 23.8 Å². The summed E-state index contributed by atoms with van der Waals surface area (Å²) in [5.74, 6) is -0.428. The first-order valence-corrected chi connectivity index (χ1v) is 5.86. The highest BCUT2D eigenvalue weighted by Gasteiger charge is 2.32. The van der Waals surface area contributed by atoms with Crippen molar-refractivity contribution in [1.82, 2.24) is 10.2 Å². The predicted molar refractivity (Wildman–Crippen MR) is 63.1 cm³/mol. The van der Waals surface area contributed by atoms with Crippen LogP contribution >= 0.6 is 0 Å². The molecule has 0 bridgehead atoms. The van der Waals surface area contributed by atoms with Crippen LogP contribution in [0.15, 0.2) is 0 Å². The quantitative estimate of drug-likeness (QED) is 0.596. The van der Waals surface area contributed by atoms with Gasteiger partial charge in [0.2, 0.25) is 11.8 Å². The molecule has 1 aliphatic rings. The Kier molecular flexibility index (Phi) is 6.63. The van der Waals surface area contributed by atoms with Crippen molar-refractivity contribution >= 4 is 11.8 Å². The van der Waals surface area contributed by atoms with Crippen molar-refractivity contribution in [2.45, 2.75) is 6.04 Å². The van der Waals surface area contributed by atoms with E-state index in [9.17, 15) is 9.59 Å². The topological polar surface area (TPSA) is 77.1 Å². The van der Waals surface area contributed by atoms with Gasteiger partial charge in [-0.1, -0.05) is 0 Å². The molecule has 1 rings (SSSR count). The van der Waals surface area contributed by atoms with Gasteiger partial charge in [0.25, 0.3) is 0 Å². The summed E-state index contributed by atoms with van der Waals surface area (Å²) in [5, 5.41) is 2.52. The van der Waals surface area contributed by atoms with E-state index in [0.29, 0.717) is 26.4 Å². The van der Waals surface area contributed by atoms with E-state index in [1.165, 1.54) is 11.9 Å². The van der Waals surface area contributed by atoms with Crippen LogP contribution in [0.2, 0.25) is 0 Å². The van der Waals surface area contributed by atoms with Crippen molar-refractivity contribution in [2.24, 2.45) is 0 Å². The number of methoxy groups -OCH3 is 1. The van der Waals surface area contributed by atoms with Gasteiger partial charge < -0.3 is 24.4 Å². The predicted octanol–water partition coefficient (Wildman–Crippen LogP) is -1.38. The number of likely N-dealkylation sites (N-methyl/N-ethyl adjacent to an activating group) is 1. The van der Waals surface area contributed by atoms with E-state index in [0.717, 1.165) is 0 Å². The zero-order valence-corrected chi connectivity index (χ0v) is 10.8. The maximum Gasteiger partial charge on any atom is 0.249 e. The highest BCUT2D eigenvalue weighted by atomic mass is 16.5. The minimum absolute atomic E-state index is 0.0448. The van der Waals surface area contributed by atoms with Crippen LogP contribution in [-0.4, -0.2) is 76.5 Å². The van der Waals surface area contributed by atoms with Crippen molar-refractivity contribution in [2.75, 3.05) is 53.7 Å². The minimum atomic E-state index is -0.567. The van der Waals surface area contributed by atoms with E-state index < -0.39 is 6.04 Å². The van der Waals surface area contributed by atoms with Gasteiger partial charge in [-0.2, -0.15) is 0 Å². The van der Waals surface area contributed by atoms with E-state index in [-0.39, 0.29) is 25.0 Å². The highest BCUT2D eigenvalue weighted by molar-refractivity contribution is 5.88. The van der Waals surface area contributed by atoms with Crippen LogP contribution in [0.5, 0.6) is 0 Å². The summed E-state index contributed by atoms with van der Waals surface area (Å²) in [6.07, 6.45) is 0. The van der Waals surface area contributed by atoms with Gasteiger partial charge in [-0.3, -0.25) is 9.59 Å². The van der Waals surface area contributed by atoms with Crippen LogP contribution in [0.25, 0.3) is 0 Å². The largest absolute Gasteiger partial charge is 0.382 e. The summed E-state index contributed by atoms with van der Waals surface area (Å²) in [4.78, 5) is 25.0. The molecule has 104 valence electrons. The molecule has 0 aromatic heterocycles. The lowest BCUT2D eigenvalue weighted by Crippen LogP contribution is -2.56. The lowest BCUT2D eigenvalue weighted by molar-refractivity contribution is -0.151. The third kappa shape index (κ3) is 4.25. The van der Waals surface area contributed by atoms with Crippen LogP contribution in [-0.2, 0) is 23.8 Å². The third-order valence-electron chi connectivity index (χ3n) is 2.66. The zero-order chi connectivity index (χ0) is 13.4. The zero-order valence-electron chi connectivity index (χ0n) is 10.8. The molecule has 0 radical (unpaired) electrons. The van der Waals surface area contributed by atoms with Crippen LogP contribution < -0.4 is 5.32 Å². The van der Waals surface area contributed by atoms with Crippen molar-refractivity contribution in [3.05, 3.63) is 0 Å². The van der Waals surface area contributed by atoms with E-state index in [2.05, 4.69) is 5.32 Å². The van der Waals surface area contributed by atoms with E-state index in [1.807, 2.05) is 0 Å². The maximum atomic E-state index is 11.9. The molecule has 1 N–H and O–H groups in total. The fourth-order valence-electron chi connectivity index (χ4n) is 1.67. The first-order valence-electron chi connectivity index (χ1n) is 5.86. The molecule has 0 aromatic carbocycles. The number of hydrogen-bond acceptors (Lipinski definition) is 5. The smallest absolute Gasteiger partial charge is 0.249 e. The Balaban J connectivity index is 2.44. The summed E-state index contributed by atoms with van der Waals surface area (Å²) < 4.78 is 15.2. The molecule has 0 aromatic rings. The van der Waals surface area contributed by atoms with Gasteiger partial charge in [-0.25, -0.2) is 0 Å². The van der Waals surface area contributed by atoms with Gasteiger partial charge in [0.15, 0.2) is 0 Å². The molecule has 2 amide bonds. The molecular formula is C11H20N2O5. The lowest BCUT2D eigenvalue weighted by Gasteiger charge is -2.34. The van der Waals surface area contributed by atoms with Crippen LogP contribution in [0.3, 0.4) is 0 Å². The number of ether oxygens (including phenoxy) is 3. The second-order valence-electron chi connectivity index (χ2n) is 3.84. The Bertz CT molecular complexity index is 285. The first kappa shape index (κ1) is 14.9. The number of amides is 2. The molecule has 1 atom stereocenters. The van der Waals surface area contributed by atoms with Crippen LogP contribution in [0, 0.1) is 0 Å². The maximum absolute atomic E-state index is 11.9. The van der Waals surface area contributed by atoms with Crippen molar-refractivity contribution in [3.8, 4) is 0 Å². The average Bonchev–Trinajstić information content (AvgIpc) is 2.42. The molecule has 0 saturated carbocycles. The number of rotatable bonds is 6. The Morgan fingerprint density at radius 1 is 1.44 bits per heavy atom. The van der Waals surface area contributed by atoms with Crippen molar-refractivity contribution in [3.63, 3.8) is 0 Å². The van der Waals surface area contributed by atoms with Gasteiger partial charge in [-0.05, 0) is 0 Å². The number of carbonyl (C=O) groups excluding carboxylic acids is 2. The summed E-state index contributed by atoms with van der Waals surface area (Å²) in [5.41, 5.74) is 0. The SMILES string of the molecule is CNC(=O)C1COCCN1C(=O)COCCOC. The summed E-state index contributed by atoms with van der Waals surface area (Å²) >= 11 is 0.